The highest BCUT2D eigenvalue weighted by Crippen LogP contribution is 2.21. The van der Waals surface area contributed by atoms with Gasteiger partial charge in [0.1, 0.15) is 5.75 Å². The van der Waals surface area contributed by atoms with Crippen LogP contribution in [0.2, 0.25) is 0 Å². The van der Waals surface area contributed by atoms with Crippen LogP contribution in [0.5, 0.6) is 5.75 Å². The van der Waals surface area contributed by atoms with Crippen LogP contribution in [0.3, 0.4) is 0 Å². The summed E-state index contributed by atoms with van der Waals surface area (Å²) < 4.78 is 7.34. The van der Waals surface area contributed by atoms with E-state index in [1.807, 2.05) is 23.0 Å². The first-order valence-electron chi connectivity index (χ1n) is 7.16. The highest BCUT2D eigenvalue weighted by molar-refractivity contribution is 5.29. The van der Waals surface area contributed by atoms with Crippen LogP contribution in [0.15, 0.2) is 36.5 Å². The number of methoxy groups -OCH3 is 1. The van der Waals surface area contributed by atoms with Gasteiger partial charge in [0.15, 0.2) is 0 Å². The minimum absolute atomic E-state index is 0.273. The maximum Gasteiger partial charge on any atom is 0.119 e. The van der Waals surface area contributed by atoms with Crippen molar-refractivity contribution >= 4 is 0 Å². The third-order valence-corrected chi connectivity index (χ3v) is 3.43. The third kappa shape index (κ3) is 3.39. The molecule has 0 aliphatic carbocycles. The molecular weight excluding hydrogens is 250 g/mol. The Balaban J connectivity index is 2.20. The molecule has 0 saturated heterocycles. The molecule has 0 amide bonds. The summed E-state index contributed by atoms with van der Waals surface area (Å²) in [5.41, 5.74) is 2.50. The molecule has 0 aliphatic rings. The second-order valence-electron chi connectivity index (χ2n) is 4.74. The Morgan fingerprint density at radius 3 is 2.85 bits per heavy atom. The largest absolute Gasteiger partial charge is 0.497 e. The number of hydrogen-bond acceptors (Lipinski definition) is 3. The first kappa shape index (κ1) is 14.6. The summed E-state index contributed by atoms with van der Waals surface area (Å²) in [6, 6.07) is 10.6. The zero-order chi connectivity index (χ0) is 14.4. The molecule has 1 atom stereocenters. The predicted molar refractivity (Wildman–Crippen MR) is 81.0 cm³/mol. The van der Waals surface area contributed by atoms with Crippen molar-refractivity contribution in [3.63, 3.8) is 0 Å². The molecule has 0 aliphatic heterocycles. The van der Waals surface area contributed by atoms with E-state index in [1.165, 1.54) is 11.3 Å². The Kier molecular flexibility index (Phi) is 5.18. The molecule has 2 aromatic rings. The molecule has 20 heavy (non-hydrogen) atoms. The molecule has 0 bridgehead atoms. The Bertz CT molecular complexity index is 536. The maximum atomic E-state index is 5.29. The van der Waals surface area contributed by atoms with Crippen molar-refractivity contribution in [2.75, 3.05) is 13.7 Å². The molecule has 4 heteroatoms. The van der Waals surface area contributed by atoms with Gasteiger partial charge in [0.2, 0.25) is 0 Å². The van der Waals surface area contributed by atoms with Gasteiger partial charge in [0.05, 0.1) is 18.8 Å². The van der Waals surface area contributed by atoms with E-state index in [1.54, 1.807) is 7.11 Å². The molecule has 1 N–H and O–H groups in total. The van der Waals surface area contributed by atoms with Gasteiger partial charge in [-0.05, 0) is 43.7 Å². The van der Waals surface area contributed by atoms with E-state index in [4.69, 9.17) is 4.74 Å². The van der Waals surface area contributed by atoms with Crippen molar-refractivity contribution in [1.29, 1.82) is 0 Å². The van der Waals surface area contributed by atoms with Crippen LogP contribution in [0.25, 0.3) is 0 Å². The third-order valence-electron chi connectivity index (χ3n) is 3.43. The van der Waals surface area contributed by atoms with Gasteiger partial charge in [0, 0.05) is 12.7 Å². The summed E-state index contributed by atoms with van der Waals surface area (Å²) in [5, 5.41) is 7.91. The highest BCUT2D eigenvalue weighted by Gasteiger charge is 2.15. The SMILES string of the molecule is CCNC(Cc1cccc(OC)c1)c1ccnn1CC. The van der Waals surface area contributed by atoms with Gasteiger partial charge in [-0.15, -0.1) is 0 Å². The first-order chi connectivity index (χ1) is 9.78. The van der Waals surface area contributed by atoms with Crippen molar-refractivity contribution in [3.05, 3.63) is 47.8 Å². The summed E-state index contributed by atoms with van der Waals surface area (Å²) in [6.45, 7) is 6.07. The highest BCUT2D eigenvalue weighted by atomic mass is 16.5. The monoisotopic (exact) mass is 273 g/mol. The minimum Gasteiger partial charge on any atom is -0.497 e. The molecular formula is C16H23N3O. The summed E-state index contributed by atoms with van der Waals surface area (Å²) in [6.07, 6.45) is 2.80. The zero-order valence-corrected chi connectivity index (χ0v) is 12.5. The standard InChI is InChI=1S/C16H23N3O/c1-4-17-15(16-9-10-18-19(16)5-2)12-13-7-6-8-14(11-13)20-3/h6-11,15,17H,4-5,12H2,1-3H3. The van der Waals surface area contributed by atoms with Crippen molar-refractivity contribution in [1.82, 2.24) is 15.1 Å². The van der Waals surface area contributed by atoms with E-state index in [2.05, 4.69) is 42.5 Å². The lowest BCUT2D eigenvalue weighted by Crippen LogP contribution is -2.25. The minimum atomic E-state index is 0.273. The normalized spacial score (nSPS) is 12.3. The zero-order valence-electron chi connectivity index (χ0n) is 12.5. The van der Waals surface area contributed by atoms with Gasteiger partial charge < -0.3 is 10.1 Å². The smallest absolute Gasteiger partial charge is 0.119 e. The van der Waals surface area contributed by atoms with Crippen LogP contribution >= 0.6 is 0 Å². The number of nitrogens with one attached hydrogen (secondary N) is 1. The number of nitrogens with zero attached hydrogens (tertiary/aromatic N) is 2. The number of aromatic nitrogens is 2. The van der Waals surface area contributed by atoms with Gasteiger partial charge >= 0.3 is 0 Å². The average Bonchev–Trinajstić information content (AvgIpc) is 2.95. The maximum absolute atomic E-state index is 5.29. The van der Waals surface area contributed by atoms with E-state index in [-0.39, 0.29) is 6.04 Å². The molecule has 1 unspecified atom stereocenters. The lowest BCUT2D eigenvalue weighted by molar-refractivity contribution is 0.413. The van der Waals surface area contributed by atoms with Crippen LogP contribution in [0.1, 0.15) is 31.1 Å². The number of ether oxygens (including phenoxy) is 1. The molecule has 0 radical (unpaired) electrons. The summed E-state index contributed by atoms with van der Waals surface area (Å²) >= 11 is 0. The van der Waals surface area contributed by atoms with Gasteiger partial charge in [0.25, 0.3) is 0 Å². The number of aryl methyl sites for hydroxylation is 1. The number of rotatable bonds is 7. The van der Waals surface area contributed by atoms with Crippen LogP contribution in [-0.2, 0) is 13.0 Å². The Morgan fingerprint density at radius 1 is 1.30 bits per heavy atom. The van der Waals surface area contributed by atoms with E-state index < -0.39 is 0 Å². The second-order valence-corrected chi connectivity index (χ2v) is 4.74. The van der Waals surface area contributed by atoms with Crippen LogP contribution in [0, 0.1) is 0 Å². The fraction of sp³-hybridized carbons (Fsp3) is 0.438. The molecule has 4 nitrogen and oxygen atoms in total. The summed E-state index contributed by atoms with van der Waals surface area (Å²) in [4.78, 5) is 0. The number of hydrogen-bond donors (Lipinski definition) is 1. The fourth-order valence-corrected chi connectivity index (χ4v) is 2.47. The van der Waals surface area contributed by atoms with E-state index in [0.717, 1.165) is 25.3 Å². The van der Waals surface area contributed by atoms with Crippen molar-refractivity contribution < 1.29 is 4.74 Å². The van der Waals surface area contributed by atoms with Gasteiger partial charge in [-0.3, -0.25) is 4.68 Å². The average molecular weight is 273 g/mol. The Labute approximate surface area is 120 Å². The molecule has 0 spiro atoms. The van der Waals surface area contributed by atoms with Crippen LogP contribution in [0.4, 0.5) is 0 Å². The predicted octanol–water partition coefficient (Wildman–Crippen LogP) is 2.80. The Morgan fingerprint density at radius 2 is 2.15 bits per heavy atom. The summed E-state index contributed by atoms with van der Waals surface area (Å²) in [7, 11) is 1.70. The first-order valence-corrected chi connectivity index (χ1v) is 7.16. The van der Waals surface area contributed by atoms with Crippen LogP contribution < -0.4 is 10.1 Å². The van der Waals surface area contributed by atoms with E-state index in [0.29, 0.717) is 0 Å². The van der Waals surface area contributed by atoms with Gasteiger partial charge in [-0.2, -0.15) is 5.10 Å². The van der Waals surface area contributed by atoms with Crippen molar-refractivity contribution in [2.24, 2.45) is 0 Å². The van der Waals surface area contributed by atoms with E-state index in [9.17, 15) is 0 Å². The van der Waals surface area contributed by atoms with Gasteiger partial charge in [-0.25, -0.2) is 0 Å². The quantitative estimate of drug-likeness (QED) is 0.843. The van der Waals surface area contributed by atoms with Crippen molar-refractivity contribution in [3.8, 4) is 5.75 Å². The lowest BCUT2D eigenvalue weighted by atomic mass is 10.0. The molecule has 1 aromatic carbocycles. The fourth-order valence-electron chi connectivity index (χ4n) is 2.47. The molecule has 2 rings (SSSR count). The van der Waals surface area contributed by atoms with Crippen LogP contribution in [-0.4, -0.2) is 23.4 Å². The molecule has 0 fully saturated rings. The van der Waals surface area contributed by atoms with Gasteiger partial charge in [-0.1, -0.05) is 19.1 Å². The number of likely N-dealkylation sites (N-methyl/N-ethyl adjacent to an activating group) is 1. The second kappa shape index (κ2) is 7.10. The summed E-state index contributed by atoms with van der Waals surface area (Å²) in [5.74, 6) is 0.904. The Hall–Kier alpha value is -1.81. The van der Waals surface area contributed by atoms with Crippen molar-refractivity contribution in [2.45, 2.75) is 32.9 Å². The van der Waals surface area contributed by atoms with E-state index >= 15 is 0 Å². The molecule has 1 heterocycles. The topological polar surface area (TPSA) is 39.1 Å². The number of benzene rings is 1. The molecule has 108 valence electrons. The molecule has 0 saturated carbocycles. The molecule has 1 aromatic heterocycles. The lowest BCUT2D eigenvalue weighted by Gasteiger charge is -2.19.